The average Bonchev–Trinajstić information content (AvgIpc) is 2.13. The Labute approximate surface area is 120 Å². The van der Waals surface area contributed by atoms with Gasteiger partial charge in [0.1, 0.15) is 0 Å². The van der Waals surface area contributed by atoms with Crippen LogP contribution in [0.2, 0.25) is 0 Å². The minimum absolute atomic E-state index is 0.727. The topological polar surface area (TPSA) is 52.6 Å². The summed E-state index contributed by atoms with van der Waals surface area (Å²) in [4.78, 5) is 0. The monoisotopic (exact) mass is 314 g/mol. The van der Waals surface area contributed by atoms with Crippen LogP contribution in [0.25, 0.3) is 0 Å². The molecule has 0 spiro atoms. The van der Waals surface area contributed by atoms with Gasteiger partial charge in [0.15, 0.2) is 0 Å². The fourth-order valence-electron chi connectivity index (χ4n) is 1.69. The zero-order valence-corrected chi connectivity index (χ0v) is 14.6. The molecule has 0 aromatic heterocycles. The zero-order chi connectivity index (χ0) is 15.2. The molecule has 1 rings (SSSR count). The van der Waals surface area contributed by atoms with Crippen LogP contribution in [-0.4, -0.2) is 11.2 Å². The molecule has 0 aromatic rings. The second-order valence-corrected chi connectivity index (χ2v) is 8.72. The molecule has 1 aliphatic carbocycles. The SMILES string of the molecule is C1CCCCC1.CC(C)(C)[O][Cr](=[O])(=[O])[O]C(C)(C)C. The van der Waals surface area contributed by atoms with Gasteiger partial charge in [-0.1, -0.05) is 38.5 Å². The van der Waals surface area contributed by atoms with Crippen molar-refractivity contribution in [1.82, 2.24) is 0 Å². The summed E-state index contributed by atoms with van der Waals surface area (Å²) in [6.07, 6.45) is 9.00. The molecule has 116 valence electrons. The van der Waals surface area contributed by atoms with Crippen molar-refractivity contribution in [1.29, 1.82) is 0 Å². The Balaban J connectivity index is 0.000000443. The molecule has 1 saturated carbocycles. The van der Waals surface area contributed by atoms with Gasteiger partial charge in [0, 0.05) is 0 Å². The van der Waals surface area contributed by atoms with Crippen LogP contribution >= 0.6 is 0 Å². The predicted molar refractivity (Wildman–Crippen MR) is 70.8 cm³/mol. The van der Waals surface area contributed by atoms with Crippen LogP contribution in [-0.2, 0) is 28.8 Å². The van der Waals surface area contributed by atoms with Gasteiger partial charge in [0.25, 0.3) is 0 Å². The first-order valence-corrected chi connectivity index (χ1v) is 9.16. The molecule has 0 amide bonds. The van der Waals surface area contributed by atoms with Crippen molar-refractivity contribution >= 4 is 0 Å². The Morgan fingerprint density at radius 2 is 0.842 bits per heavy atom. The third kappa shape index (κ3) is 14.3. The van der Waals surface area contributed by atoms with E-state index in [1.54, 1.807) is 41.5 Å². The van der Waals surface area contributed by atoms with Crippen LogP contribution in [0.3, 0.4) is 0 Å². The fourth-order valence-corrected chi connectivity index (χ4v) is 3.66. The van der Waals surface area contributed by atoms with E-state index in [1.165, 1.54) is 38.5 Å². The van der Waals surface area contributed by atoms with Gasteiger partial charge in [-0.2, -0.15) is 0 Å². The molecule has 5 heteroatoms. The van der Waals surface area contributed by atoms with Gasteiger partial charge in [-0.05, 0) is 0 Å². The Morgan fingerprint density at radius 3 is 1.00 bits per heavy atom. The van der Waals surface area contributed by atoms with Gasteiger partial charge in [-0.3, -0.25) is 0 Å². The van der Waals surface area contributed by atoms with Crippen molar-refractivity contribution in [3.05, 3.63) is 0 Å². The van der Waals surface area contributed by atoms with E-state index in [0.717, 1.165) is 0 Å². The second-order valence-electron chi connectivity index (χ2n) is 6.92. The molecule has 0 saturated heterocycles. The van der Waals surface area contributed by atoms with Gasteiger partial charge < -0.3 is 0 Å². The van der Waals surface area contributed by atoms with E-state index in [9.17, 15) is 7.61 Å². The Morgan fingerprint density at radius 1 is 0.632 bits per heavy atom. The number of rotatable bonds is 2. The molecular weight excluding hydrogens is 284 g/mol. The first-order valence-electron chi connectivity index (χ1n) is 7.07. The van der Waals surface area contributed by atoms with Gasteiger partial charge in [-0.15, -0.1) is 0 Å². The van der Waals surface area contributed by atoms with Gasteiger partial charge in [0.05, 0.1) is 0 Å². The van der Waals surface area contributed by atoms with Crippen molar-refractivity contribution in [2.24, 2.45) is 0 Å². The summed E-state index contributed by atoms with van der Waals surface area (Å²) in [6, 6.07) is 0. The number of hydrogen-bond donors (Lipinski definition) is 0. The molecule has 0 aromatic carbocycles. The molecule has 0 bridgehead atoms. The van der Waals surface area contributed by atoms with Crippen LogP contribution < -0.4 is 0 Å². The second kappa shape index (κ2) is 7.73. The third-order valence-corrected chi connectivity index (χ3v) is 4.40. The average molecular weight is 314 g/mol. The summed E-state index contributed by atoms with van der Waals surface area (Å²) < 4.78 is 32.2. The normalized spacial score (nSPS) is 17.6. The van der Waals surface area contributed by atoms with Crippen LogP contribution in [0, 0.1) is 0 Å². The molecule has 19 heavy (non-hydrogen) atoms. The maximum atomic E-state index is 11.3. The standard InChI is InChI=1S/C6H12.2C4H9O.Cr.2O/c1-2-4-6-5-3-1;2*1-4(2,3)5;;;/h1-6H2;2*1-3H3;;;/q;2*-1;+2;;. The summed E-state index contributed by atoms with van der Waals surface area (Å²) in [5.74, 6) is 0. The molecule has 0 heterocycles. The van der Waals surface area contributed by atoms with Crippen molar-refractivity contribution in [2.45, 2.75) is 91.3 Å². The van der Waals surface area contributed by atoms with Gasteiger partial charge in [-0.25, -0.2) is 0 Å². The Hall–Kier alpha value is 0.0525. The summed E-state index contributed by atoms with van der Waals surface area (Å²) in [7, 11) is 0. The van der Waals surface area contributed by atoms with E-state index >= 15 is 0 Å². The Kier molecular flexibility index (Phi) is 7.76. The molecule has 0 aliphatic heterocycles. The third-order valence-electron chi connectivity index (χ3n) is 2.20. The van der Waals surface area contributed by atoms with E-state index in [1.807, 2.05) is 0 Å². The molecule has 0 unspecified atom stereocenters. The van der Waals surface area contributed by atoms with Crippen LogP contribution in [0.5, 0.6) is 0 Å². The van der Waals surface area contributed by atoms with Crippen LogP contribution in [0.15, 0.2) is 0 Å². The first kappa shape index (κ1) is 19.1. The van der Waals surface area contributed by atoms with E-state index in [0.29, 0.717) is 0 Å². The quantitative estimate of drug-likeness (QED) is 0.745. The Bertz CT molecular complexity index is 296. The predicted octanol–water partition coefficient (Wildman–Crippen LogP) is 4.63. The molecule has 0 atom stereocenters. The van der Waals surface area contributed by atoms with E-state index in [2.05, 4.69) is 0 Å². The number of hydrogen-bond acceptors (Lipinski definition) is 4. The summed E-state index contributed by atoms with van der Waals surface area (Å²) >= 11 is -4.65. The van der Waals surface area contributed by atoms with E-state index in [4.69, 9.17) is 7.58 Å². The van der Waals surface area contributed by atoms with Crippen LogP contribution in [0.4, 0.5) is 0 Å². The summed E-state index contributed by atoms with van der Waals surface area (Å²) in [5, 5.41) is 0. The molecule has 1 aliphatic rings. The molecule has 0 N–H and O–H groups in total. The van der Waals surface area contributed by atoms with Crippen molar-refractivity contribution < 1.29 is 28.8 Å². The fraction of sp³-hybridized carbons (Fsp3) is 1.00. The molecule has 0 radical (unpaired) electrons. The van der Waals surface area contributed by atoms with Crippen molar-refractivity contribution in [3.63, 3.8) is 0 Å². The zero-order valence-electron chi connectivity index (χ0n) is 13.3. The summed E-state index contributed by atoms with van der Waals surface area (Å²) in [5.41, 5.74) is -1.45. The molecule has 4 nitrogen and oxygen atoms in total. The minimum atomic E-state index is -4.65. The maximum absolute atomic E-state index is 11.3. The molecular formula is C14H30CrO4. The first-order chi connectivity index (χ1) is 8.41. The van der Waals surface area contributed by atoms with Crippen molar-refractivity contribution in [3.8, 4) is 0 Å². The van der Waals surface area contributed by atoms with Gasteiger partial charge >= 0.3 is 81.5 Å². The van der Waals surface area contributed by atoms with E-state index < -0.39 is 24.8 Å². The van der Waals surface area contributed by atoms with E-state index in [-0.39, 0.29) is 0 Å². The van der Waals surface area contributed by atoms with Gasteiger partial charge in [0.2, 0.25) is 0 Å². The molecule has 1 fully saturated rings. The van der Waals surface area contributed by atoms with Crippen LogP contribution in [0.1, 0.15) is 80.1 Å². The van der Waals surface area contributed by atoms with Crippen molar-refractivity contribution in [2.75, 3.05) is 0 Å². The summed E-state index contributed by atoms with van der Waals surface area (Å²) in [6.45, 7) is 10.0.